The molecule has 0 aromatic heterocycles. The van der Waals surface area contributed by atoms with E-state index in [0.29, 0.717) is 4.90 Å². The fraction of sp³-hybridized carbons (Fsp3) is 0.333. The van der Waals surface area contributed by atoms with Crippen molar-refractivity contribution in [3.8, 4) is 0 Å². The largest absolute Gasteiger partial charge is 0.535 e. The van der Waals surface area contributed by atoms with E-state index in [0.717, 1.165) is 5.75 Å². The summed E-state index contributed by atoms with van der Waals surface area (Å²) < 4.78 is 39.0. The first kappa shape index (κ1) is 17.2. The molecule has 0 aliphatic heterocycles. The molecule has 0 fully saturated rings. The average Bonchev–Trinajstić information content (AvgIpc) is 2.33. The van der Waals surface area contributed by atoms with Crippen molar-refractivity contribution in [2.45, 2.75) is 16.7 Å². The summed E-state index contributed by atoms with van der Waals surface area (Å²) in [5, 5.41) is 0.0230. The SMILES string of the molecule is CCSSc1cccc(Cl)c1S(=O)(=O)OC[P+](=O)O. The van der Waals surface area contributed by atoms with Crippen LogP contribution in [0.5, 0.6) is 0 Å². The van der Waals surface area contributed by atoms with Crippen LogP contribution in [-0.4, -0.2) is 25.4 Å². The summed E-state index contributed by atoms with van der Waals surface area (Å²) in [5.41, 5.74) is 0. The molecule has 1 aromatic carbocycles. The van der Waals surface area contributed by atoms with Gasteiger partial charge in [0.05, 0.1) is 5.02 Å². The van der Waals surface area contributed by atoms with Crippen LogP contribution in [0.15, 0.2) is 28.0 Å². The van der Waals surface area contributed by atoms with Crippen molar-refractivity contribution in [1.29, 1.82) is 0 Å². The molecule has 0 spiro atoms. The molecule has 1 unspecified atom stereocenters. The first-order valence-electron chi connectivity index (χ1n) is 4.99. The van der Waals surface area contributed by atoms with Gasteiger partial charge in [0, 0.05) is 10.6 Å². The maximum absolute atomic E-state index is 12.0. The molecular weight excluding hydrogens is 351 g/mol. The lowest BCUT2D eigenvalue weighted by Crippen LogP contribution is -2.08. The van der Waals surface area contributed by atoms with Crippen molar-refractivity contribution in [2.24, 2.45) is 0 Å². The van der Waals surface area contributed by atoms with E-state index >= 15 is 0 Å². The van der Waals surface area contributed by atoms with Gasteiger partial charge in [0.25, 0.3) is 6.35 Å². The molecule has 0 amide bonds. The highest BCUT2D eigenvalue weighted by Gasteiger charge is 2.27. The van der Waals surface area contributed by atoms with Crippen molar-refractivity contribution in [1.82, 2.24) is 0 Å². The quantitative estimate of drug-likeness (QED) is 0.452. The van der Waals surface area contributed by atoms with E-state index in [9.17, 15) is 13.0 Å². The second-order valence-electron chi connectivity index (χ2n) is 3.11. The van der Waals surface area contributed by atoms with E-state index in [2.05, 4.69) is 4.18 Å². The van der Waals surface area contributed by atoms with Gasteiger partial charge in [0.15, 0.2) is 0 Å². The Hall–Kier alpha value is 0.180. The lowest BCUT2D eigenvalue weighted by molar-refractivity contribution is 0.354. The average molecular weight is 362 g/mol. The van der Waals surface area contributed by atoms with Crippen LogP contribution in [0.4, 0.5) is 0 Å². The highest BCUT2D eigenvalue weighted by atomic mass is 35.5. The molecular formula is C9H11ClO5PS3+. The monoisotopic (exact) mass is 361 g/mol. The molecule has 0 saturated heterocycles. The van der Waals surface area contributed by atoms with Crippen molar-refractivity contribution >= 4 is 51.3 Å². The Morgan fingerprint density at radius 3 is 2.74 bits per heavy atom. The predicted molar refractivity (Wildman–Crippen MR) is 78.4 cm³/mol. The fourth-order valence-corrected chi connectivity index (χ4v) is 5.57. The zero-order valence-corrected chi connectivity index (χ0v) is 13.9. The zero-order chi connectivity index (χ0) is 14.5. The summed E-state index contributed by atoms with van der Waals surface area (Å²) in [6.45, 7) is 1.93. The second-order valence-corrected chi connectivity index (χ2v) is 8.66. The maximum Gasteiger partial charge on any atom is 0.535 e. The maximum atomic E-state index is 12.0. The van der Waals surface area contributed by atoms with Crippen molar-refractivity contribution in [3.05, 3.63) is 23.2 Å². The molecule has 0 aliphatic rings. The van der Waals surface area contributed by atoms with Gasteiger partial charge in [0.2, 0.25) is 0 Å². The smallest absolute Gasteiger partial charge is 0.213 e. The number of halogens is 1. The van der Waals surface area contributed by atoms with Crippen LogP contribution in [-0.2, 0) is 18.9 Å². The summed E-state index contributed by atoms with van der Waals surface area (Å²) in [5.74, 6) is 0.792. The number of benzene rings is 1. The van der Waals surface area contributed by atoms with Gasteiger partial charge in [-0.1, -0.05) is 46.2 Å². The third kappa shape index (κ3) is 5.23. The van der Waals surface area contributed by atoms with Gasteiger partial charge in [-0.25, -0.2) is 4.18 Å². The molecule has 0 heterocycles. The second kappa shape index (κ2) is 7.83. The van der Waals surface area contributed by atoms with Gasteiger partial charge in [-0.2, -0.15) is 13.3 Å². The van der Waals surface area contributed by atoms with E-state index in [4.69, 9.17) is 16.5 Å². The number of hydrogen-bond donors (Lipinski definition) is 1. The lowest BCUT2D eigenvalue weighted by Gasteiger charge is -2.09. The number of rotatable bonds is 7. The number of hydrogen-bond acceptors (Lipinski definition) is 6. The first-order valence-corrected chi connectivity index (χ1v) is 10.5. The minimum atomic E-state index is -4.16. The Kier molecular flexibility index (Phi) is 7.10. The molecule has 0 saturated carbocycles. The Labute approximate surface area is 125 Å². The van der Waals surface area contributed by atoms with Gasteiger partial charge in [-0.3, -0.25) is 0 Å². The molecule has 106 valence electrons. The van der Waals surface area contributed by atoms with Crippen molar-refractivity contribution in [3.63, 3.8) is 0 Å². The van der Waals surface area contributed by atoms with E-state index in [1.807, 2.05) is 6.92 Å². The van der Waals surface area contributed by atoms with Gasteiger partial charge < -0.3 is 0 Å². The van der Waals surface area contributed by atoms with Gasteiger partial charge in [0.1, 0.15) is 4.90 Å². The molecule has 1 rings (SSSR count). The Morgan fingerprint density at radius 2 is 2.16 bits per heavy atom. The van der Waals surface area contributed by atoms with Crippen LogP contribution in [0.25, 0.3) is 0 Å². The molecule has 5 nitrogen and oxygen atoms in total. The van der Waals surface area contributed by atoms with Crippen molar-refractivity contribution < 1.29 is 22.1 Å². The predicted octanol–water partition coefficient (Wildman–Crippen LogP) is 3.50. The van der Waals surface area contributed by atoms with Crippen molar-refractivity contribution in [2.75, 3.05) is 12.1 Å². The standard InChI is InChI=1S/C9H10ClO5PS3/c1-2-17-18-8-5-3-4-7(10)9(8)19(13,14)15-6-16(11)12/h3-5H,2,6H2,1H3/p+1. The summed E-state index contributed by atoms with van der Waals surface area (Å²) in [6, 6.07) is 4.66. The van der Waals surface area contributed by atoms with Crippen LogP contribution in [0, 0.1) is 0 Å². The normalized spacial score (nSPS) is 12.5. The minimum absolute atomic E-state index is 0.0230. The Balaban J connectivity index is 3.12. The molecule has 0 radical (unpaired) electrons. The molecule has 19 heavy (non-hydrogen) atoms. The van der Waals surface area contributed by atoms with Gasteiger partial charge in [-0.05, 0) is 16.7 Å². The van der Waals surface area contributed by atoms with Crippen LogP contribution >= 0.6 is 41.2 Å². The fourth-order valence-electron chi connectivity index (χ4n) is 1.09. The summed E-state index contributed by atoms with van der Waals surface area (Å²) in [6.07, 6.45) is -0.784. The van der Waals surface area contributed by atoms with E-state index in [-0.39, 0.29) is 9.92 Å². The van der Waals surface area contributed by atoms with Crippen LogP contribution in [0.2, 0.25) is 5.02 Å². The molecule has 1 N–H and O–H groups in total. The molecule has 10 heteroatoms. The lowest BCUT2D eigenvalue weighted by atomic mass is 10.4. The summed E-state index contributed by atoms with van der Waals surface area (Å²) in [4.78, 5) is 8.89. The minimum Gasteiger partial charge on any atom is -0.213 e. The summed E-state index contributed by atoms with van der Waals surface area (Å²) >= 11 is 5.89. The molecule has 0 aliphatic carbocycles. The van der Waals surface area contributed by atoms with Crippen LogP contribution in [0.3, 0.4) is 0 Å². The van der Waals surface area contributed by atoms with E-state index in [1.165, 1.54) is 27.7 Å². The molecule has 1 aromatic rings. The highest BCUT2D eigenvalue weighted by molar-refractivity contribution is 8.76. The Morgan fingerprint density at radius 1 is 1.47 bits per heavy atom. The van der Waals surface area contributed by atoms with Crippen LogP contribution < -0.4 is 0 Å². The third-order valence-corrected chi connectivity index (χ3v) is 6.69. The topological polar surface area (TPSA) is 80.7 Å². The summed E-state index contributed by atoms with van der Waals surface area (Å²) in [7, 11) is -4.13. The highest BCUT2D eigenvalue weighted by Crippen LogP contribution is 2.39. The zero-order valence-electron chi connectivity index (χ0n) is 9.78. The first-order chi connectivity index (χ1) is 8.88. The molecule has 0 bridgehead atoms. The molecule has 1 atom stereocenters. The Bertz CT molecular complexity index is 563. The van der Waals surface area contributed by atoms with Crippen LogP contribution in [0.1, 0.15) is 6.92 Å². The van der Waals surface area contributed by atoms with Gasteiger partial charge in [-0.15, -0.1) is 0 Å². The van der Waals surface area contributed by atoms with E-state index in [1.54, 1.807) is 12.1 Å². The third-order valence-electron chi connectivity index (χ3n) is 1.77. The van der Waals surface area contributed by atoms with Gasteiger partial charge >= 0.3 is 18.1 Å². The van der Waals surface area contributed by atoms with E-state index < -0.39 is 24.5 Å².